The van der Waals surface area contributed by atoms with Crippen molar-refractivity contribution in [1.82, 2.24) is 4.98 Å². The summed E-state index contributed by atoms with van der Waals surface area (Å²) in [5.74, 6) is 0.778. The second-order valence-electron chi connectivity index (χ2n) is 4.09. The van der Waals surface area contributed by atoms with E-state index in [9.17, 15) is 0 Å². The molecule has 0 aliphatic rings. The minimum Gasteiger partial charge on any atom is -0.473 e. The topological polar surface area (TPSA) is 25.0 Å². The predicted molar refractivity (Wildman–Crippen MR) is 76.8 cm³/mol. The Kier molecular flexibility index (Phi) is 3.07. The van der Waals surface area contributed by atoms with E-state index >= 15 is 0 Å². The van der Waals surface area contributed by atoms with Crippen molar-refractivity contribution in [3.8, 4) is 5.88 Å². The van der Waals surface area contributed by atoms with E-state index in [1.165, 1.54) is 0 Å². The molecule has 0 saturated heterocycles. The predicted octanol–water partition coefficient (Wildman–Crippen LogP) is 4.51. The van der Waals surface area contributed by atoms with Crippen molar-refractivity contribution < 1.29 is 4.74 Å². The van der Waals surface area contributed by atoms with Gasteiger partial charge in [0.2, 0.25) is 5.88 Å². The number of halogens is 1. The third-order valence-corrected chi connectivity index (χ3v) is 3.62. The van der Waals surface area contributed by atoms with Crippen molar-refractivity contribution in [3.05, 3.63) is 64.6 Å². The van der Waals surface area contributed by atoms with Gasteiger partial charge in [0.05, 0.1) is 4.47 Å². The average molecular weight is 302 g/mol. The first-order valence-corrected chi connectivity index (χ1v) is 6.57. The summed E-state index contributed by atoms with van der Waals surface area (Å²) in [7, 11) is 0. The van der Waals surface area contributed by atoms with Gasteiger partial charge in [0.15, 0.2) is 0 Å². The number of hydrogen-bond acceptors (Lipinski definition) is 1. The molecule has 0 fully saturated rings. The molecule has 1 heterocycles. The number of benzene rings is 2. The number of H-pyrrole nitrogens is 1. The van der Waals surface area contributed by atoms with Crippen LogP contribution in [0.4, 0.5) is 0 Å². The molecule has 3 heteroatoms. The maximum absolute atomic E-state index is 5.81. The first-order chi connectivity index (χ1) is 8.84. The van der Waals surface area contributed by atoms with Crippen molar-refractivity contribution in [3.63, 3.8) is 0 Å². The second kappa shape index (κ2) is 4.86. The van der Waals surface area contributed by atoms with Crippen molar-refractivity contribution in [2.45, 2.75) is 6.61 Å². The van der Waals surface area contributed by atoms with Crippen molar-refractivity contribution >= 4 is 26.8 Å². The summed E-state index contributed by atoms with van der Waals surface area (Å²) in [6, 6.07) is 18.3. The quantitative estimate of drug-likeness (QED) is 0.756. The number of hydrogen-bond donors (Lipinski definition) is 1. The van der Waals surface area contributed by atoms with Crippen LogP contribution >= 0.6 is 15.9 Å². The molecule has 0 unspecified atom stereocenters. The van der Waals surface area contributed by atoms with Crippen LogP contribution in [0.3, 0.4) is 0 Å². The van der Waals surface area contributed by atoms with Crippen LogP contribution in [-0.4, -0.2) is 4.98 Å². The monoisotopic (exact) mass is 301 g/mol. The zero-order valence-corrected chi connectivity index (χ0v) is 11.3. The largest absolute Gasteiger partial charge is 0.473 e. The normalized spacial score (nSPS) is 10.7. The number of aromatic nitrogens is 1. The van der Waals surface area contributed by atoms with Crippen molar-refractivity contribution in [2.24, 2.45) is 0 Å². The van der Waals surface area contributed by atoms with Gasteiger partial charge < -0.3 is 9.72 Å². The van der Waals surface area contributed by atoms with E-state index in [1.54, 1.807) is 0 Å². The standard InChI is InChI=1S/C15H12BrNO/c16-14-12-8-4-5-9-13(12)17-15(14)18-10-11-6-2-1-3-7-11/h1-9,17H,10H2. The van der Waals surface area contributed by atoms with Gasteiger partial charge in [-0.1, -0.05) is 48.5 Å². The summed E-state index contributed by atoms with van der Waals surface area (Å²) >= 11 is 3.57. The molecule has 1 aromatic heterocycles. The zero-order valence-electron chi connectivity index (χ0n) is 9.69. The first kappa shape index (κ1) is 11.4. The van der Waals surface area contributed by atoms with E-state index in [-0.39, 0.29) is 0 Å². The summed E-state index contributed by atoms with van der Waals surface area (Å²) in [6.45, 7) is 0.562. The lowest BCUT2D eigenvalue weighted by molar-refractivity contribution is 0.294. The Hall–Kier alpha value is -1.74. The molecule has 0 bridgehead atoms. The Morgan fingerprint density at radius 2 is 1.67 bits per heavy atom. The Morgan fingerprint density at radius 1 is 0.944 bits per heavy atom. The minimum atomic E-state index is 0.562. The van der Waals surface area contributed by atoms with Gasteiger partial charge in [0.1, 0.15) is 6.61 Å². The minimum absolute atomic E-state index is 0.562. The van der Waals surface area contributed by atoms with Gasteiger partial charge in [-0.05, 0) is 27.6 Å². The summed E-state index contributed by atoms with van der Waals surface area (Å²) in [4.78, 5) is 3.27. The van der Waals surface area contributed by atoms with Crippen LogP contribution in [0.2, 0.25) is 0 Å². The first-order valence-electron chi connectivity index (χ1n) is 5.77. The lowest BCUT2D eigenvalue weighted by Crippen LogP contribution is -1.95. The maximum atomic E-state index is 5.81. The van der Waals surface area contributed by atoms with E-state index in [0.29, 0.717) is 6.61 Å². The molecule has 0 saturated carbocycles. The summed E-state index contributed by atoms with van der Waals surface area (Å²) in [5, 5.41) is 1.14. The van der Waals surface area contributed by atoms with Gasteiger partial charge in [-0.2, -0.15) is 0 Å². The Balaban J connectivity index is 1.85. The van der Waals surface area contributed by atoms with Crippen LogP contribution in [0.5, 0.6) is 5.88 Å². The third kappa shape index (κ3) is 2.14. The second-order valence-corrected chi connectivity index (χ2v) is 4.88. The lowest BCUT2D eigenvalue weighted by atomic mass is 10.2. The summed E-state index contributed by atoms with van der Waals surface area (Å²) < 4.78 is 6.79. The molecule has 0 spiro atoms. The van der Waals surface area contributed by atoms with Crippen LogP contribution in [0.15, 0.2) is 59.1 Å². The van der Waals surface area contributed by atoms with Gasteiger partial charge in [0, 0.05) is 10.9 Å². The molecule has 0 aliphatic heterocycles. The zero-order chi connectivity index (χ0) is 12.4. The van der Waals surface area contributed by atoms with Crippen LogP contribution in [-0.2, 0) is 6.61 Å². The van der Waals surface area contributed by atoms with Gasteiger partial charge >= 0.3 is 0 Å². The Labute approximate surface area is 114 Å². The number of para-hydroxylation sites is 1. The van der Waals surface area contributed by atoms with E-state index in [2.05, 4.69) is 39.1 Å². The molecule has 0 radical (unpaired) electrons. The number of nitrogens with one attached hydrogen (secondary N) is 1. The fourth-order valence-corrected chi connectivity index (χ4v) is 2.47. The molecule has 0 aliphatic carbocycles. The summed E-state index contributed by atoms with van der Waals surface area (Å²) in [5.41, 5.74) is 2.23. The highest BCUT2D eigenvalue weighted by atomic mass is 79.9. The van der Waals surface area contributed by atoms with E-state index in [0.717, 1.165) is 26.8 Å². The molecule has 2 nitrogen and oxygen atoms in total. The molecule has 0 atom stereocenters. The van der Waals surface area contributed by atoms with Crippen LogP contribution in [0.25, 0.3) is 10.9 Å². The number of fused-ring (bicyclic) bond motifs is 1. The Morgan fingerprint density at radius 3 is 2.44 bits per heavy atom. The van der Waals surface area contributed by atoms with Gasteiger partial charge in [0.25, 0.3) is 0 Å². The molecule has 2 aromatic carbocycles. The van der Waals surface area contributed by atoms with Crippen LogP contribution in [0, 0.1) is 0 Å². The fourth-order valence-electron chi connectivity index (χ4n) is 1.91. The fraction of sp³-hybridized carbons (Fsp3) is 0.0667. The van der Waals surface area contributed by atoms with Crippen LogP contribution in [0.1, 0.15) is 5.56 Å². The highest BCUT2D eigenvalue weighted by molar-refractivity contribution is 9.10. The molecular weight excluding hydrogens is 290 g/mol. The third-order valence-electron chi connectivity index (χ3n) is 2.84. The van der Waals surface area contributed by atoms with Gasteiger partial charge in [-0.15, -0.1) is 0 Å². The van der Waals surface area contributed by atoms with Crippen molar-refractivity contribution in [1.29, 1.82) is 0 Å². The van der Waals surface area contributed by atoms with Gasteiger partial charge in [-0.3, -0.25) is 0 Å². The van der Waals surface area contributed by atoms with Crippen LogP contribution < -0.4 is 4.74 Å². The SMILES string of the molecule is Brc1c(OCc2ccccc2)[nH]c2ccccc12. The molecule has 3 rings (SSSR count). The number of rotatable bonds is 3. The molecule has 0 amide bonds. The molecule has 1 N–H and O–H groups in total. The van der Waals surface area contributed by atoms with E-state index in [4.69, 9.17) is 4.74 Å². The lowest BCUT2D eigenvalue weighted by Gasteiger charge is -2.04. The smallest absolute Gasteiger partial charge is 0.206 e. The highest BCUT2D eigenvalue weighted by Gasteiger charge is 2.09. The number of aromatic amines is 1. The number of ether oxygens (including phenoxy) is 1. The maximum Gasteiger partial charge on any atom is 0.206 e. The summed E-state index contributed by atoms with van der Waals surface area (Å²) in [6.07, 6.45) is 0. The van der Waals surface area contributed by atoms with E-state index in [1.807, 2.05) is 36.4 Å². The Bertz CT molecular complexity index is 661. The average Bonchev–Trinajstić information content (AvgIpc) is 2.75. The van der Waals surface area contributed by atoms with Crippen molar-refractivity contribution in [2.75, 3.05) is 0 Å². The molecule has 3 aromatic rings. The molecule has 90 valence electrons. The van der Waals surface area contributed by atoms with E-state index < -0.39 is 0 Å². The molecular formula is C15H12BrNO. The molecule has 18 heavy (non-hydrogen) atoms. The van der Waals surface area contributed by atoms with Gasteiger partial charge in [-0.25, -0.2) is 0 Å². The highest BCUT2D eigenvalue weighted by Crippen LogP contribution is 2.33.